The van der Waals surface area contributed by atoms with Gasteiger partial charge in [-0.25, -0.2) is 0 Å². The first-order chi connectivity index (χ1) is 4.47. The van der Waals surface area contributed by atoms with Crippen molar-refractivity contribution in [1.29, 1.82) is 0 Å². The second-order valence-electron chi connectivity index (χ2n) is 2.35. The van der Waals surface area contributed by atoms with Crippen molar-refractivity contribution in [2.24, 2.45) is 4.99 Å². The number of hydrogen-bond donors (Lipinski definition) is 0. The van der Waals surface area contributed by atoms with E-state index in [1.165, 1.54) is 23.5 Å². The molecule has 0 bridgehead atoms. The van der Waals surface area contributed by atoms with E-state index in [-0.39, 0.29) is 0 Å². The molecule has 0 fully saturated rings. The van der Waals surface area contributed by atoms with E-state index in [4.69, 9.17) is 0 Å². The molecule has 0 radical (unpaired) electrons. The molecule has 9 heavy (non-hydrogen) atoms. The van der Waals surface area contributed by atoms with Crippen molar-refractivity contribution in [3.63, 3.8) is 0 Å². The highest BCUT2D eigenvalue weighted by atomic mass is 32.2. The Bertz CT molecular complexity index is 181. The summed E-state index contributed by atoms with van der Waals surface area (Å²) >= 11 is 1.96. The maximum atomic E-state index is 4.22. The minimum atomic E-state index is 1.03. The SMILES string of the molecule is C1=NCCC2=C1SCC2. The summed E-state index contributed by atoms with van der Waals surface area (Å²) < 4.78 is 0. The molecule has 0 N–H and O–H groups in total. The molecule has 0 unspecified atom stereocenters. The molecule has 2 aliphatic heterocycles. The minimum absolute atomic E-state index is 1.03. The van der Waals surface area contributed by atoms with Gasteiger partial charge >= 0.3 is 0 Å². The third-order valence-corrected chi connectivity index (χ3v) is 2.87. The Kier molecular flexibility index (Phi) is 1.34. The molecule has 48 valence electrons. The van der Waals surface area contributed by atoms with Gasteiger partial charge in [0.15, 0.2) is 0 Å². The minimum Gasteiger partial charge on any atom is -0.292 e. The van der Waals surface area contributed by atoms with Crippen molar-refractivity contribution in [3.8, 4) is 0 Å². The number of nitrogens with zero attached hydrogens (tertiary/aromatic N) is 1. The summed E-state index contributed by atoms with van der Waals surface area (Å²) in [7, 11) is 0. The number of rotatable bonds is 0. The van der Waals surface area contributed by atoms with Crippen molar-refractivity contribution in [3.05, 3.63) is 10.5 Å². The Morgan fingerprint density at radius 3 is 3.33 bits per heavy atom. The number of dihydropyridines is 1. The standard InChI is InChI=1S/C7H9NS/c1-3-8-5-7-6(1)2-4-9-7/h5H,1-4H2. The number of thioether (sulfide) groups is 1. The van der Waals surface area contributed by atoms with Gasteiger partial charge in [-0.1, -0.05) is 5.57 Å². The van der Waals surface area contributed by atoms with Gasteiger partial charge in [0.25, 0.3) is 0 Å². The van der Waals surface area contributed by atoms with Gasteiger partial charge in [0.2, 0.25) is 0 Å². The molecule has 0 aromatic carbocycles. The lowest BCUT2D eigenvalue weighted by molar-refractivity contribution is 0.898. The highest BCUT2D eigenvalue weighted by Crippen LogP contribution is 2.33. The van der Waals surface area contributed by atoms with Crippen LogP contribution in [0.4, 0.5) is 0 Å². The van der Waals surface area contributed by atoms with E-state index < -0.39 is 0 Å². The summed E-state index contributed by atoms with van der Waals surface area (Å²) in [4.78, 5) is 5.68. The summed E-state index contributed by atoms with van der Waals surface area (Å²) in [5, 5.41) is 0. The Morgan fingerprint density at radius 2 is 2.44 bits per heavy atom. The molecule has 0 aliphatic carbocycles. The number of hydrogen-bond acceptors (Lipinski definition) is 2. The first-order valence-electron chi connectivity index (χ1n) is 3.31. The highest BCUT2D eigenvalue weighted by molar-refractivity contribution is 8.04. The van der Waals surface area contributed by atoms with Crippen LogP contribution in [0.5, 0.6) is 0 Å². The highest BCUT2D eigenvalue weighted by Gasteiger charge is 2.14. The topological polar surface area (TPSA) is 12.4 Å². The quantitative estimate of drug-likeness (QED) is 0.499. The predicted octanol–water partition coefficient (Wildman–Crippen LogP) is 1.85. The van der Waals surface area contributed by atoms with E-state index in [1.807, 2.05) is 18.0 Å². The van der Waals surface area contributed by atoms with Crippen LogP contribution >= 0.6 is 11.8 Å². The van der Waals surface area contributed by atoms with Crippen LogP contribution in [0.15, 0.2) is 15.5 Å². The van der Waals surface area contributed by atoms with Crippen molar-refractivity contribution < 1.29 is 0 Å². The smallest absolute Gasteiger partial charge is 0.0427 e. The summed E-state index contributed by atoms with van der Waals surface area (Å²) in [6, 6.07) is 0. The Balaban J connectivity index is 2.28. The van der Waals surface area contributed by atoms with Crippen LogP contribution < -0.4 is 0 Å². The molecule has 0 amide bonds. The largest absolute Gasteiger partial charge is 0.292 e. The Labute approximate surface area is 59.2 Å². The lowest BCUT2D eigenvalue weighted by Crippen LogP contribution is -1.94. The lowest BCUT2D eigenvalue weighted by Gasteiger charge is -2.04. The second-order valence-corrected chi connectivity index (χ2v) is 3.49. The fraction of sp³-hybridized carbons (Fsp3) is 0.571. The van der Waals surface area contributed by atoms with E-state index in [1.54, 1.807) is 5.57 Å². The van der Waals surface area contributed by atoms with Gasteiger partial charge in [-0.2, -0.15) is 0 Å². The molecule has 2 heteroatoms. The van der Waals surface area contributed by atoms with E-state index in [9.17, 15) is 0 Å². The number of aliphatic imine (C=N–C) groups is 1. The lowest BCUT2D eigenvalue weighted by atomic mass is 10.1. The van der Waals surface area contributed by atoms with Crippen molar-refractivity contribution in [1.82, 2.24) is 0 Å². The van der Waals surface area contributed by atoms with E-state index in [0.29, 0.717) is 0 Å². The van der Waals surface area contributed by atoms with Gasteiger partial charge in [0.1, 0.15) is 0 Å². The van der Waals surface area contributed by atoms with Gasteiger partial charge < -0.3 is 0 Å². The zero-order valence-corrected chi connectivity index (χ0v) is 6.08. The first kappa shape index (κ1) is 5.54. The predicted molar refractivity (Wildman–Crippen MR) is 42.1 cm³/mol. The second kappa shape index (κ2) is 2.18. The third kappa shape index (κ3) is 0.917. The molecule has 0 aromatic rings. The Morgan fingerprint density at radius 1 is 1.44 bits per heavy atom. The van der Waals surface area contributed by atoms with Crippen LogP contribution in [-0.4, -0.2) is 18.5 Å². The van der Waals surface area contributed by atoms with Crippen molar-refractivity contribution in [2.75, 3.05) is 12.3 Å². The molecule has 0 spiro atoms. The van der Waals surface area contributed by atoms with Gasteiger partial charge in [-0.3, -0.25) is 4.99 Å². The molecule has 1 nitrogen and oxygen atoms in total. The van der Waals surface area contributed by atoms with Gasteiger partial charge in [-0.15, -0.1) is 11.8 Å². The van der Waals surface area contributed by atoms with Crippen molar-refractivity contribution in [2.45, 2.75) is 12.8 Å². The summed E-state index contributed by atoms with van der Waals surface area (Å²) in [5.41, 5.74) is 1.65. The summed E-state index contributed by atoms with van der Waals surface area (Å²) in [5.74, 6) is 1.29. The van der Waals surface area contributed by atoms with Crippen LogP contribution in [-0.2, 0) is 0 Å². The fourth-order valence-electron chi connectivity index (χ4n) is 1.23. The zero-order chi connectivity index (χ0) is 6.10. The monoisotopic (exact) mass is 139 g/mol. The average Bonchev–Trinajstić information content (AvgIpc) is 2.33. The van der Waals surface area contributed by atoms with Crippen LogP contribution in [0.3, 0.4) is 0 Å². The van der Waals surface area contributed by atoms with Crippen molar-refractivity contribution >= 4 is 18.0 Å². The maximum Gasteiger partial charge on any atom is 0.0427 e. The normalized spacial score (nSPS) is 24.9. The molecule has 0 saturated carbocycles. The van der Waals surface area contributed by atoms with Crippen LogP contribution in [0.2, 0.25) is 0 Å². The van der Waals surface area contributed by atoms with Crippen LogP contribution in [0.1, 0.15) is 12.8 Å². The van der Waals surface area contributed by atoms with E-state index >= 15 is 0 Å². The van der Waals surface area contributed by atoms with Crippen LogP contribution in [0, 0.1) is 0 Å². The van der Waals surface area contributed by atoms with Crippen LogP contribution in [0.25, 0.3) is 0 Å². The molecular weight excluding hydrogens is 130 g/mol. The molecule has 2 heterocycles. The van der Waals surface area contributed by atoms with E-state index in [2.05, 4.69) is 4.99 Å². The first-order valence-corrected chi connectivity index (χ1v) is 4.30. The van der Waals surface area contributed by atoms with Gasteiger partial charge in [-0.05, 0) is 12.8 Å². The van der Waals surface area contributed by atoms with Gasteiger partial charge in [0, 0.05) is 23.4 Å². The molecule has 0 aromatic heterocycles. The summed E-state index contributed by atoms with van der Waals surface area (Å²) in [6.45, 7) is 1.03. The fourth-order valence-corrected chi connectivity index (χ4v) is 2.36. The molecule has 0 saturated heterocycles. The molecule has 0 atom stereocenters. The molecule has 2 rings (SSSR count). The molecule has 2 aliphatic rings. The van der Waals surface area contributed by atoms with Gasteiger partial charge in [0.05, 0.1) is 0 Å². The Hall–Kier alpha value is -0.240. The number of allylic oxidation sites excluding steroid dienone is 1. The summed E-state index contributed by atoms with van der Waals surface area (Å²) in [6.07, 6.45) is 4.57. The zero-order valence-electron chi connectivity index (χ0n) is 5.26. The molecular formula is C7H9NS. The maximum absolute atomic E-state index is 4.22. The average molecular weight is 139 g/mol. The third-order valence-electron chi connectivity index (χ3n) is 1.76. The van der Waals surface area contributed by atoms with E-state index in [0.717, 1.165) is 6.54 Å².